The van der Waals surface area contributed by atoms with E-state index in [0.29, 0.717) is 32.6 Å². The molecule has 1 aromatic carbocycles. The second-order valence-corrected chi connectivity index (χ2v) is 10.5. The standard InChI is InChI=1S/C28H43N3O5/c1-20(2)17-25(24(28(34)30-35)12-8-11-22-9-6-5-7-10-22)27(33)29-31(19-21(3)4)26(32)18-23-13-15-36-16-14-23/h5-11,20-21,23-25,35H,12-19H2,1-4H3,(H,29,33)(H,30,34)/t24-,25-/m0/s1. The van der Waals surface area contributed by atoms with Crippen molar-refractivity contribution in [2.75, 3.05) is 19.8 Å². The SMILES string of the molecule is CC(C)C[C@H](C(=O)NN(CC(C)C)C(=O)CC1CCOCC1)[C@H](CC=Cc1ccccc1)C(=O)NO. The molecule has 0 spiro atoms. The van der Waals surface area contributed by atoms with Crippen molar-refractivity contribution in [2.24, 2.45) is 29.6 Å². The fourth-order valence-corrected chi connectivity index (χ4v) is 4.51. The fraction of sp³-hybridized carbons (Fsp3) is 0.607. The topological polar surface area (TPSA) is 108 Å². The summed E-state index contributed by atoms with van der Waals surface area (Å²) in [6.45, 7) is 9.63. The van der Waals surface area contributed by atoms with Crippen LogP contribution in [0.1, 0.15) is 65.4 Å². The molecule has 0 unspecified atom stereocenters. The number of allylic oxidation sites excluding steroid dienone is 1. The van der Waals surface area contributed by atoms with E-state index in [4.69, 9.17) is 4.74 Å². The van der Waals surface area contributed by atoms with E-state index in [9.17, 15) is 19.6 Å². The van der Waals surface area contributed by atoms with E-state index in [2.05, 4.69) is 5.43 Å². The Balaban J connectivity index is 2.19. The number of hydrogen-bond acceptors (Lipinski definition) is 5. The number of nitrogens with one attached hydrogen (secondary N) is 2. The van der Waals surface area contributed by atoms with Gasteiger partial charge in [0.05, 0.1) is 11.8 Å². The van der Waals surface area contributed by atoms with Crippen LogP contribution in [0.4, 0.5) is 0 Å². The highest BCUT2D eigenvalue weighted by atomic mass is 16.5. The average Bonchev–Trinajstić information content (AvgIpc) is 2.85. The molecule has 36 heavy (non-hydrogen) atoms. The van der Waals surface area contributed by atoms with Crippen LogP contribution < -0.4 is 10.9 Å². The van der Waals surface area contributed by atoms with E-state index in [0.717, 1.165) is 18.4 Å². The van der Waals surface area contributed by atoms with Crippen molar-refractivity contribution in [3.8, 4) is 0 Å². The predicted octanol–water partition coefficient (Wildman–Crippen LogP) is 4.21. The molecule has 200 valence electrons. The molecule has 0 saturated carbocycles. The third-order valence-electron chi connectivity index (χ3n) is 6.39. The van der Waals surface area contributed by atoms with Gasteiger partial charge in [-0.2, -0.15) is 0 Å². The van der Waals surface area contributed by atoms with Crippen molar-refractivity contribution in [3.63, 3.8) is 0 Å². The van der Waals surface area contributed by atoms with Crippen LogP contribution in [0.25, 0.3) is 6.08 Å². The second-order valence-electron chi connectivity index (χ2n) is 10.5. The minimum Gasteiger partial charge on any atom is -0.381 e. The maximum atomic E-state index is 13.6. The quantitative estimate of drug-likeness (QED) is 0.294. The largest absolute Gasteiger partial charge is 0.381 e. The lowest BCUT2D eigenvalue weighted by Gasteiger charge is -2.32. The Hall–Kier alpha value is -2.71. The molecule has 8 heteroatoms. The minimum atomic E-state index is -0.788. The molecule has 1 fully saturated rings. The number of ether oxygens (including phenoxy) is 1. The van der Waals surface area contributed by atoms with Gasteiger partial charge >= 0.3 is 0 Å². The number of hydrogen-bond donors (Lipinski definition) is 3. The van der Waals surface area contributed by atoms with Crippen molar-refractivity contribution >= 4 is 23.8 Å². The normalized spacial score (nSPS) is 16.2. The number of rotatable bonds is 12. The number of carbonyl (C=O) groups excluding carboxylic acids is 3. The van der Waals surface area contributed by atoms with Gasteiger partial charge in [0.25, 0.3) is 0 Å². The van der Waals surface area contributed by atoms with Gasteiger partial charge < -0.3 is 4.74 Å². The molecule has 0 aliphatic carbocycles. The zero-order valence-corrected chi connectivity index (χ0v) is 22.1. The van der Waals surface area contributed by atoms with Crippen molar-refractivity contribution < 1.29 is 24.3 Å². The molecule has 1 heterocycles. The van der Waals surface area contributed by atoms with Crippen molar-refractivity contribution in [1.82, 2.24) is 15.9 Å². The summed E-state index contributed by atoms with van der Waals surface area (Å²) in [6.07, 6.45) is 6.46. The molecule has 3 amide bonds. The molecule has 1 saturated heterocycles. The van der Waals surface area contributed by atoms with E-state index in [1.165, 1.54) is 5.01 Å². The van der Waals surface area contributed by atoms with Gasteiger partial charge in [-0.05, 0) is 49.0 Å². The molecule has 1 aliphatic rings. The summed E-state index contributed by atoms with van der Waals surface area (Å²) in [6, 6.07) is 9.67. The molecule has 8 nitrogen and oxygen atoms in total. The Morgan fingerprint density at radius 1 is 1.03 bits per heavy atom. The Morgan fingerprint density at radius 2 is 1.69 bits per heavy atom. The van der Waals surface area contributed by atoms with Crippen molar-refractivity contribution in [3.05, 3.63) is 42.0 Å². The monoisotopic (exact) mass is 501 g/mol. The van der Waals surface area contributed by atoms with Gasteiger partial charge in [-0.3, -0.25) is 30.0 Å². The molecule has 3 N–H and O–H groups in total. The maximum Gasteiger partial charge on any atom is 0.247 e. The van der Waals surface area contributed by atoms with E-state index in [1.54, 1.807) is 5.48 Å². The average molecular weight is 502 g/mol. The molecule has 0 radical (unpaired) electrons. The van der Waals surface area contributed by atoms with Crippen LogP contribution in [0.15, 0.2) is 36.4 Å². The number of carbonyl (C=O) groups is 3. The zero-order chi connectivity index (χ0) is 26.5. The van der Waals surface area contributed by atoms with E-state index in [1.807, 2.05) is 70.2 Å². The number of nitrogens with zero attached hydrogens (tertiary/aromatic N) is 1. The van der Waals surface area contributed by atoms with E-state index in [-0.39, 0.29) is 36.0 Å². The highest BCUT2D eigenvalue weighted by Crippen LogP contribution is 2.26. The summed E-state index contributed by atoms with van der Waals surface area (Å²) in [5.41, 5.74) is 5.56. The third-order valence-corrected chi connectivity index (χ3v) is 6.39. The molecular formula is C28H43N3O5. The minimum absolute atomic E-state index is 0.126. The first kappa shape index (κ1) is 29.5. The lowest BCUT2D eigenvalue weighted by Crippen LogP contribution is -2.52. The van der Waals surface area contributed by atoms with Crippen LogP contribution >= 0.6 is 0 Å². The lowest BCUT2D eigenvalue weighted by molar-refractivity contribution is -0.148. The molecular weight excluding hydrogens is 458 g/mol. The van der Waals surface area contributed by atoms with Crippen LogP contribution in [-0.2, 0) is 19.1 Å². The Labute approximate surface area is 215 Å². The summed E-state index contributed by atoms with van der Waals surface area (Å²) in [7, 11) is 0. The number of benzene rings is 1. The van der Waals surface area contributed by atoms with Gasteiger partial charge in [0, 0.05) is 26.2 Å². The van der Waals surface area contributed by atoms with Crippen LogP contribution in [0, 0.1) is 29.6 Å². The fourth-order valence-electron chi connectivity index (χ4n) is 4.51. The van der Waals surface area contributed by atoms with Crippen LogP contribution in [0.2, 0.25) is 0 Å². The summed E-state index contributed by atoms with van der Waals surface area (Å²) >= 11 is 0. The zero-order valence-electron chi connectivity index (χ0n) is 22.1. The molecule has 0 aromatic heterocycles. The van der Waals surface area contributed by atoms with Crippen molar-refractivity contribution in [1.29, 1.82) is 0 Å². The highest BCUT2D eigenvalue weighted by Gasteiger charge is 2.35. The highest BCUT2D eigenvalue weighted by molar-refractivity contribution is 5.89. The first-order valence-corrected chi connectivity index (χ1v) is 13.0. The molecule has 2 atom stereocenters. The summed E-state index contributed by atoms with van der Waals surface area (Å²) < 4.78 is 5.40. The van der Waals surface area contributed by atoms with Gasteiger partial charge in [0.15, 0.2) is 0 Å². The van der Waals surface area contributed by atoms with E-state index < -0.39 is 17.7 Å². The van der Waals surface area contributed by atoms with Gasteiger partial charge in [0.1, 0.15) is 0 Å². The summed E-state index contributed by atoms with van der Waals surface area (Å²) in [4.78, 5) is 39.4. The third kappa shape index (κ3) is 10.1. The summed E-state index contributed by atoms with van der Waals surface area (Å²) in [5.74, 6) is -2.11. The second kappa shape index (κ2) is 15.4. The smallest absolute Gasteiger partial charge is 0.247 e. The van der Waals surface area contributed by atoms with Crippen LogP contribution in [0.5, 0.6) is 0 Å². The van der Waals surface area contributed by atoms with Crippen molar-refractivity contribution in [2.45, 2.75) is 59.8 Å². The lowest BCUT2D eigenvalue weighted by atomic mass is 9.82. The first-order valence-electron chi connectivity index (χ1n) is 13.0. The molecule has 2 rings (SSSR count). The van der Waals surface area contributed by atoms with Crippen LogP contribution in [-0.4, -0.2) is 47.7 Å². The van der Waals surface area contributed by atoms with Gasteiger partial charge in [-0.15, -0.1) is 0 Å². The molecule has 1 aromatic rings. The Bertz CT molecular complexity index is 850. The Morgan fingerprint density at radius 3 is 2.28 bits per heavy atom. The number of hydroxylamine groups is 1. The van der Waals surface area contributed by atoms with Gasteiger partial charge in [-0.1, -0.05) is 70.2 Å². The number of hydrazine groups is 1. The summed E-state index contributed by atoms with van der Waals surface area (Å²) in [5, 5.41) is 10.8. The van der Waals surface area contributed by atoms with Gasteiger partial charge in [-0.25, -0.2) is 5.48 Å². The first-order chi connectivity index (χ1) is 17.2. The Kier molecular flexibility index (Phi) is 12.6. The van der Waals surface area contributed by atoms with Gasteiger partial charge in [0.2, 0.25) is 17.7 Å². The maximum absolute atomic E-state index is 13.6. The predicted molar refractivity (Wildman–Crippen MR) is 139 cm³/mol. The van der Waals surface area contributed by atoms with E-state index >= 15 is 0 Å². The molecule has 1 aliphatic heterocycles. The number of amides is 3. The molecule has 0 bridgehead atoms. The van der Waals surface area contributed by atoms with Crippen LogP contribution in [0.3, 0.4) is 0 Å².